The number of aryl methyl sites for hydroxylation is 1. The number of ether oxygens (including phenoxy) is 2. The number of amides is 1. The van der Waals surface area contributed by atoms with Crippen LogP contribution in [0.4, 0.5) is 31.9 Å². The fourth-order valence-electron chi connectivity index (χ4n) is 6.80. The van der Waals surface area contributed by atoms with E-state index < -0.39 is 24.1 Å². The number of nitrogens with zero attached hydrogens (tertiary/aromatic N) is 5. The van der Waals surface area contributed by atoms with Crippen LogP contribution in [0.5, 0.6) is 5.75 Å². The molecule has 1 aliphatic carbocycles. The van der Waals surface area contributed by atoms with Crippen LogP contribution in [-0.2, 0) is 16.6 Å². The third-order valence-electron chi connectivity index (χ3n) is 9.15. The number of hydrogen-bond donors (Lipinski definition) is 2. The molecule has 11 nitrogen and oxygen atoms in total. The fourth-order valence-corrected chi connectivity index (χ4v) is 6.94. The Balaban J connectivity index is 1.22. The standard InChI is InChI=1S/C30H34ClF2N7O4/c1-38(2)27(41)16-8-18-12-43-13-19(9-16)40(18)29-34-11-21(31)26(37-29)35-17-6-7-22-20(10-17)23-24(28(42)39(22)3)44-14-30(32,33)25(36-23)15-4-5-15/h6-7,10-11,15-16,18-19,25,36H,4-5,8-9,12-14H2,1-3H3,(H,34,35,37)/t16?,18-,19+,25-/m0/s1. The maximum absolute atomic E-state index is 15.0. The Morgan fingerprint density at radius 1 is 1.20 bits per heavy atom. The topological polar surface area (TPSA) is 114 Å². The lowest BCUT2D eigenvalue weighted by Crippen LogP contribution is -2.59. The lowest BCUT2D eigenvalue weighted by Gasteiger charge is -2.48. The van der Waals surface area contributed by atoms with Crippen LogP contribution in [0.2, 0.25) is 5.02 Å². The minimum atomic E-state index is -3.13. The van der Waals surface area contributed by atoms with Crippen molar-refractivity contribution < 1.29 is 23.0 Å². The van der Waals surface area contributed by atoms with Gasteiger partial charge in [-0.2, -0.15) is 4.98 Å². The van der Waals surface area contributed by atoms with Crippen LogP contribution >= 0.6 is 11.6 Å². The summed E-state index contributed by atoms with van der Waals surface area (Å²) in [6, 6.07) is 4.04. The summed E-state index contributed by atoms with van der Waals surface area (Å²) < 4.78 is 42.8. The molecule has 2 bridgehead atoms. The van der Waals surface area contributed by atoms with Gasteiger partial charge in [-0.3, -0.25) is 9.59 Å². The maximum atomic E-state index is 15.0. The number of fused-ring (bicyclic) bond motifs is 5. The normalized spacial score (nSPS) is 25.8. The summed E-state index contributed by atoms with van der Waals surface area (Å²) in [5.74, 6) is -2.57. The van der Waals surface area contributed by atoms with Gasteiger partial charge < -0.3 is 34.5 Å². The Hall–Kier alpha value is -3.71. The monoisotopic (exact) mass is 629 g/mol. The molecular formula is C30H34ClF2N7O4. The van der Waals surface area contributed by atoms with Crippen molar-refractivity contribution in [2.24, 2.45) is 18.9 Å². The number of anilines is 4. The molecule has 234 valence electrons. The van der Waals surface area contributed by atoms with Gasteiger partial charge in [0, 0.05) is 38.1 Å². The number of alkyl halides is 2. The summed E-state index contributed by atoms with van der Waals surface area (Å²) in [6.07, 6.45) is 4.20. The third-order valence-corrected chi connectivity index (χ3v) is 9.42. The number of benzene rings is 1. The molecule has 3 aromatic rings. The second kappa shape index (κ2) is 10.7. The van der Waals surface area contributed by atoms with Gasteiger partial charge in [0.1, 0.15) is 5.02 Å². The minimum Gasteiger partial charge on any atom is -0.480 e. The molecule has 4 atom stereocenters. The number of nitrogens with one attached hydrogen (secondary N) is 2. The average molecular weight is 630 g/mol. The summed E-state index contributed by atoms with van der Waals surface area (Å²) in [5.41, 5.74) is 0.928. The molecule has 1 unspecified atom stereocenters. The van der Waals surface area contributed by atoms with E-state index in [1.807, 2.05) is 0 Å². The lowest BCUT2D eigenvalue weighted by molar-refractivity contribution is -0.135. The third kappa shape index (κ3) is 4.99. The van der Waals surface area contributed by atoms with Crippen molar-refractivity contribution in [2.45, 2.75) is 49.7 Å². The first-order chi connectivity index (χ1) is 21.0. The van der Waals surface area contributed by atoms with Crippen LogP contribution in [-0.4, -0.2) is 83.3 Å². The van der Waals surface area contributed by atoms with Gasteiger partial charge in [-0.25, -0.2) is 13.8 Å². The molecule has 0 radical (unpaired) electrons. The number of pyridine rings is 1. The van der Waals surface area contributed by atoms with Gasteiger partial charge in [0.15, 0.2) is 12.4 Å². The van der Waals surface area contributed by atoms with E-state index in [-0.39, 0.29) is 41.3 Å². The van der Waals surface area contributed by atoms with Gasteiger partial charge in [-0.15, -0.1) is 0 Å². The largest absolute Gasteiger partial charge is 0.480 e. The molecule has 4 aliphatic rings. The van der Waals surface area contributed by atoms with E-state index in [0.717, 1.165) is 0 Å². The average Bonchev–Trinajstić information content (AvgIpc) is 3.83. The number of hydrogen-bond acceptors (Lipinski definition) is 9. The Bertz CT molecular complexity index is 1680. The highest BCUT2D eigenvalue weighted by Crippen LogP contribution is 2.46. The van der Waals surface area contributed by atoms with Crippen LogP contribution in [0.3, 0.4) is 0 Å². The molecule has 3 aliphatic heterocycles. The van der Waals surface area contributed by atoms with Gasteiger partial charge in [0.25, 0.3) is 5.56 Å². The zero-order valence-corrected chi connectivity index (χ0v) is 25.4. The van der Waals surface area contributed by atoms with Crippen molar-refractivity contribution in [3.8, 4) is 5.75 Å². The Morgan fingerprint density at radius 3 is 2.61 bits per heavy atom. The van der Waals surface area contributed by atoms with E-state index in [9.17, 15) is 9.59 Å². The number of rotatable bonds is 5. The molecule has 2 aromatic heterocycles. The summed E-state index contributed by atoms with van der Waals surface area (Å²) in [4.78, 5) is 38.9. The Kier molecular flexibility index (Phi) is 7.07. The first-order valence-corrected chi connectivity index (χ1v) is 15.2. The van der Waals surface area contributed by atoms with Crippen molar-refractivity contribution in [3.05, 3.63) is 39.8 Å². The van der Waals surface area contributed by atoms with E-state index in [1.54, 1.807) is 44.2 Å². The molecular weight excluding hydrogens is 596 g/mol. The highest BCUT2D eigenvalue weighted by molar-refractivity contribution is 6.33. The summed E-state index contributed by atoms with van der Waals surface area (Å²) in [7, 11) is 5.13. The highest BCUT2D eigenvalue weighted by Gasteiger charge is 2.51. The first kappa shape index (κ1) is 29.0. The van der Waals surface area contributed by atoms with E-state index in [0.29, 0.717) is 72.3 Å². The zero-order valence-electron chi connectivity index (χ0n) is 24.6. The number of aromatic nitrogens is 3. The van der Waals surface area contributed by atoms with Gasteiger partial charge in [0.2, 0.25) is 17.6 Å². The molecule has 44 heavy (non-hydrogen) atoms. The van der Waals surface area contributed by atoms with Crippen molar-refractivity contribution in [3.63, 3.8) is 0 Å². The molecule has 14 heteroatoms. The Labute approximate surface area is 257 Å². The van der Waals surface area contributed by atoms with Crippen LogP contribution in [0.25, 0.3) is 10.9 Å². The highest BCUT2D eigenvalue weighted by atomic mass is 35.5. The van der Waals surface area contributed by atoms with Crippen molar-refractivity contribution in [1.82, 2.24) is 19.4 Å². The number of piperidine rings is 1. The molecule has 7 rings (SSSR count). The van der Waals surface area contributed by atoms with Crippen molar-refractivity contribution >= 4 is 51.6 Å². The van der Waals surface area contributed by atoms with Crippen LogP contribution in [0.15, 0.2) is 29.2 Å². The van der Waals surface area contributed by atoms with Crippen LogP contribution in [0, 0.1) is 11.8 Å². The summed E-state index contributed by atoms with van der Waals surface area (Å²) in [5, 5.41) is 7.12. The van der Waals surface area contributed by atoms with Gasteiger partial charge in [0.05, 0.1) is 48.7 Å². The zero-order chi connectivity index (χ0) is 30.9. The van der Waals surface area contributed by atoms with Gasteiger partial charge in [-0.1, -0.05) is 11.6 Å². The van der Waals surface area contributed by atoms with Crippen LogP contribution < -0.4 is 25.8 Å². The molecule has 1 amide bonds. The molecule has 1 aromatic carbocycles. The van der Waals surface area contributed by atoms with Crippen LogP contribution in [0.1, 0.15) is 25.7 Å². The molecule has 2 N–H and O–H groups in total. The van der Waals surface area contributed by atoms with Gasteiger partial charge in [-0.05, 0) is 49.8 Å². The lowest BCUT2D eigenvalue weighted by atomic mass is 9.84. The number of carbonyl (C=O) groups excluding carboxylic acids is 1. The number of carbonyl (C=O) groups is 1. The quantitative estimate of drug-likeness (QED) is 0.432. The predicted molar refractivity (Wildman–Crippen MR) is 162 cm³/mol. The summed E-state index contributed by atoms with van der Waals surface area (Å²) in [6.45, 7) is 0.0691. The van der Waals surface area contributed by atoms with E-state index in [2.05, 4.69) is 20.5 Å². The van der Waals surface area contributed by atoms with Crippen molar-refractivity contribution in [1.29, 1.82) is 0 Å². The smallest absolute Gasteiger partial charge is 0.301 e. The summed E-state index contributed by atoms with van der Waals surface area (Å²) >= 11 is 6.56. The Morgan fingerprint density at radius 2 is 1.93 bits per heavy atom. The predicted octanol–water partition coefficient (Wildman–Crippen LogP) is 4.02. The molecule has 1 saturated carbocycles. The second-order valence-electron chi connectivity index (χ2n) is 12.5. The first-order valence-electron chi connectivity index (χ1n) is 14.8. The molecule has 2 saturated heterocycles. The molecule has 3 fully saturated rings. The minimum absolute atomic E-state index is 0.0635. The van der Waals surface area contributed by atoms with E-state index >= 15 is 8.78 Å². The number of morpholine rings is 1. The molecule has 5 heterocycles. The fraction of sp³-hybridized carbons (Fsp3) is 0.533. The molecule has 0 spiro atoms. The van der Waals surface area contributed by atoms with Crippen molar-refractivity contribution in [2.75, 3.05) is 49.4 Å². The second-order valence-corrected chi connectivity index (χ2v) is 12.9. The number of halogens is 3. The SMILES string of the molecule is CN(C)C(=O)C1C[C@H]2COC[C@@H](C1)N2c1ncc(Cl)c(Nc2ccc3c(c2)c2c(c(=O)n3C)OCC(F)(F)[C@H](C3CC3)N2)n1. The van der Waals surface area contributed by atoms with Gasteiger partial charge >= 0.3 is 5.92 Å². The van der Waals surface area contributed by atoms with E-state index in [4.69, 9.17) is 26.1 Å². The maximum Gasteiger partial charge on any atom is 0.301 e. The van der Waals surface area contributed by atoms with E-state index in [1.165, 1.54) is 10.8 Å².